The molecule has 126 valence electrons. The van der Waals surface area contributed by atoms with Crippen LogP contribution in [0.3, 0.4) is 0 Å². The molecule has 4 nitrogen and oxygen atoms in total. The molecule has 2 amide bonds. The minimum absolute atomic E-state index is 0.163. The molecule has 0 radical (unpaired) electrons. The fourth-order valence-corrected chi connectivity index (χ4v) is 4.90. The van der Waals surface area contributed by atoms with Crippen molar-refractivity contribution in [2.45, 2.75) is 51.4 Å². The maximum atomic E-state index is 12.3. The molecule has 2 N–H and O–H groups in total. The van der Waals surface area contributed by atoms with E-state index in [-0.39, 0.29) is 23.7 Å². The standard InChI is InChI=1S/C20H24N2O2/c23-17(15-11-19(15)7-1-8-19)21-13-3-5-14(6-4-13)22-18(24)16-12-20(16)9-2-10-20/h3-6,15-16H,1-2,7-12H2,(H,21,23)(H,22,24)/t15-,16-/m1/s1. The Balaban J connectivity index is 1.16. The minimum Gasteiger partial charge on any atom is -0.326 e. The van der Waals surface area contributed by atoms with Crippen molar-refractivity contribution >= 4 is 23.2 Å². The Morgan fingerprint density at radius 2 is 1.12 bits per heavy atom. The van der Waals surface area contributed by atoms with E-state index < -0.39 is 0 Å². The summed E-state index contributed by atoms with van der Waals surface area (Å²) in [6.45, 7) is 0. The van der Waals surface area contributed by atoms with E-state index >= 15 is 0 Å². The molecule has 0 unspecified atom stereocenters. The molecule has 0 heterocycles. The molecule has 24 heavy (non-hydrogen) atoms. The van der Waals surface area contributed by atoms with Crippen molar-refractivity contribution in [1.29, 1.82) is 0 Å². The second-order valence-corrected chi connectivity index (χ2v) is 8.50. The lowest BCUT2D eigenvalue weighted by atomic mass is 9.79. The van der Waals surface area contributed by atoms with E-state index in [4.69, 9.17) is 0 Å². The fraction of sp³-hybridized carbons (Fsp3) is 0.600. The first-order valence-electron chi connectivity index (χ1n) is 9.32. The molecule has 0 bridgehead atoms. The van der Waals surface area contributed by atoms with Crippen LogP contribution < -0.4 is 10.6 Å². The Bertz CT molecular complexity index is 640. The van der Waals surface area contributed by atoms with Gasteiger partial charge in [-0.05, 0) is 73.6 Å². The van der Waals surface area contributed by atoms with Crippen LogP contribution in [0.1, 0.15) is 51.4 Å². The van der Waals surface area contributed by atoms with Gasteiger partial charge in [-0.2, -0.15) is 0 Å². The zero-order valence-electron chi connectivity index (χ0n) is 13.9. The van der Waals surface area contributed by atoms with Crippen molar-refractivity contribution in [3.8, 4) is 0 Å². The molecule has 1 aromatic rings. The predicted octanol–water partition coefficient (Wildman–Crippen LogP) is 3.94. The first-order chi connectivity index (χ1) is 11.6. The smallest absolute Gasteiger partial charge is 0.228 e. The number of hydrogen-bond donors (Lipinski definition) is 2. The van der Waals surface area contributed by atoms with E-state index in [9.17, 15) is 9.59 Å². The lowest BCUT2D eigenvalue weighted by Crippen LogP contribution is -2.23. The normalized spacial score (nSPS) is 30.2. The summed E-state index contributed by atoms with van der Waals surface area (Å²) < 4.78 is 0. The Morgan fingerprint density at radius 3 is 1.38 bits per heavy atom. The maximum absolute atomic E-state index is 12.3. The van der Waals surface area contributed by atoms with Gasteiger partial charge in [-0.25, -0.2) is 0 Å². The van der Waals surface area contributed by atoms with Crippen LogP contribution in [0.4, 0.5) is 11.4 Å². The van der Waals surface area contributed by atoms with E-state index in [1.165, 1.54) is 38.5 Å². The van der Waals surface area contributed by atoms with Crippen LogP contribution in [0.2, 0.25) is 0 Å². The molecule has 5 rings (SSSR count). The highest BCUT2D eigenvalue weighted by atomic mass is 16.2. The highest BCUT2D eigenvalue weighted by Gasteiger charge is 2.61. The van der Waals surface area contributed by atoms with Gasteiger partial charge in [0.1, 0.15) is 0 Å². The Hall–Kier alpha value is -1.84. The van der Waals surface area contributed by atoms with Crippen molar-refractivity contribution < 1.29 is 9.59 Å². The van der Waals surface area contributed by atoms with Gasteiger partial charge >= 0.3 is 0 Å². The molecule has 4 fully saturated rings. The molecular weight excluding hydrogens is 300 g/mol. The zero-order chi connectivity index (χ0) is 16.4. The van der Waals surface area contributed by atoms with Crippen LogP contribution in [0.15, 0.2) is 24.3 Å². The first kappa shape index (κ1) is 14.5. The molecule has 4 saturated carbocycles. The second-order valence-electron chi connectivity index (χ2n) is 8.50. The Labute approximate surface area is 142 Å². The number of nitrogens with one attached hydrogen (secondary N) is 2. The molecule has 0 aromatic heterocycles. The largest absolute Gasteiger partial charge is 0.326 e. The van der Waals surface area contributed by atoms with E-state index in [0.29, 0.717) is 10.8 Å². The van der Waals surface area contributed by atoms with Crippen LogP contribution in [-0.2, 0) is 9.59 Å². The molecule has 0 saturated heterocycles. The number of hydrogen-bond acceptors (Lipinski definition) is 2. The lowest BCUT2D eigenvalue weighted by molar-refractivity contribution is -0.119. The average Bonchev–Trinajstić information content (AvgIpc) is 3.38. The van der Waals surface area contributed by atoms with Crippen LogP contribution in [0.5, 0.6) is 0 Å². The highest BCUT2D eigenvalue weighted by molar-refractivity contribution is 5.97. The highest BCUT2D eigenvalue weighted by Crippen LogP contribution is 2.66. The number of carbonyl (C=O) groups is 2. The summed E-state index contributed by atoms with van der Waals surface area (Å²) in [5.41, 5.74) is 2.36. The van der Waals surface area contributed by atoms with Gasteiger partial charge in [-0.1, -0.05) is 12.8 Å². The summed E-state index contributed by atoms with van der Waals surface area (Å²) in [5, 5.41) is 6.05. The third kappa shape index (κ3) is 2.19. The summed E-state index contributed by atoms with van der Waals surface area (Å²) in [7, 11) is 0. The Kier molecular flexibility index (Phi) is 2.92. The molecule has 1 aromatic carbocycles. The van der Waals surface area contributed by atoms with Gasteiger partial charge in [0.2, 0.25) is 11.8 Å². The number of amides is 2. The van der Waals surface area contributed by atoms with Crippen molar-refractivity contribution in [2.24, 2.45) is 22.7 Å². The van der Waals surface area contributed by atoms with Crippen molar-refractivity contribution in [3.05, 3.63) is 24.3 Å². The van der Waals surface area contributed by atoms with Gasteiger partial charge in [-0.3, -0.25) is 9.59 Å². The number of benzene rings is 1. The second kappa shape index (κ2) is 4.84. The van der Waals surface area contributed by atoms with E-state index in [2.05, 4.69) is 10.6 Å². The molecular formula is C20H24N2O2. The summed E-state index contributed by atoms with van der Waals surface area (Å²) >= 11 is 0. The number of carbonyl (C=O) groups excluding carboxylic acids is 2. The molecule has 4 aliphatic carbocycles. The van der Waals surface area contributed by atoms with E-state index in [1.54, 1.807) is 0 Å². The van der Waals surface area contributed by atoms with Crippen LogP contribution in [-0.4, -0.2) is 11.8 Å². The summed E-state index contributed by atoms with van der Waals surface area (Å²) in [5.74, 6) is 0.770. The van der Waals surface area contributed by atoms with E-state index in [0.717, 1.165) is 24.2 Å². The molecule has 4 aliphatic rings. The summed E-state index contributed by atoms with van der Waals surface area (Å²) in [6.07, 6.45) is 9.57. The van der Waals surface area contributed by atoms with Crippen LogP contribution in [0.25, 0.3) is 0 Å². The quantitative estimate of drug-likeness (QED) is 0.881. The third-order valence-corrected chi connectivity index (χ3v) is 7.13. The maximum Gasteiger partial charge on any atom is 0.228 e. The Morgan fingerprint density at radius 1 is 0.750 bits per heavy atom. The summed E-state index contributed by atoms with van der Waals surface area (Å²) in [4.78, 5) is 24.5. The monoisotopic (exact) mass is 324 g/mol. The van der Waals surface area contributed by atoms with Crippen molar-refractivity contribution in [2.75, 3.05) is 10.6 Å². The van der Waals surface area contributed by atoms with Gasteiger partial charge in [-0.15, -0.1) is 0 Å². The van der Waals surface area contributed by atoms with E-state index in [1.807, 2.05) is 24.3 Å². The topological polar surface area (TPSA) is 58.2 Å². The van der Waals surface area contributed by atoms with Gasteiger partial charge in [0.05, 0.1) is 0 Å². The number of rotatable bonds is 4. The minimum atomic E-state index is 0.163. The van der Waals surface area contributed by atoms with Crippen molar-refractivity contribution in [1.82, 2.24) is 0 Å². The van der Waals surface area contributed by atoms with Gasteiger partial charge in [0.15, 0.2) is 0 Å². The van der Waals surface area contributed by atoms with Crippen LogP contribution >= 0.6 is 0 Å². The fourth-order valence-electron chi connectivity index (χ4n) is 4.90. The molecule has 2 atom stereocenters. The first-order valence-corrected chi connectivity index (χ1v) is 9.32. The average molecular weight is 324 g/mol. The zero-order valence-corrected chi connectivity index (χ0v) is 13.9. The molecule has 4 heteroatoms. The van der Waals surface area contributed by atoms with Crippen molar-refractivity contribution in [3.63, 3.8) is 0 Å². The number of anilines is 2. The van der Waals surface area contributed by atoms with Crippen LogP contribution in [0, 0.1) is 22.7 Å². The van der Waals surface area contributed by atoms with Gasteiger partial charge < -0.3 is 10.6 Å². The molecule has 2 spiro atoms. The predicted molar refractivity (Wildman–Crippen MR) is 92.5 cm³/mol. The van der Waals surface area contributed by atoms with Gasteiger partial charge in [0, 0.05) is 23.2 Å². The lowest BCUT2D eigenvalue weighted by Gasteiger charge is -2.26. The van der Waals surface area contributed by atoms with Gasteiger partial charge in [0.25, 0.3) is 0 Å². The molecule has 0 aliphatic heterocycles. The summed E-state index contributed by atoms with van der Waals surface area (Å²) in [6, 6.07) is 7.54. The SMILES string of the molecule is O=C(Nc1ccc(NC(=O)[C@H]2CC23CCC3)cc1)[C@H]1CC12CCC2. The third-order valence-electron chi connectivity index (χ3n) is 7.13.